The van der Waals surface area contributed by atoms with Crippen molar-refractivity contribution in [2.24, 2.45) is 10.3 Å². The molecule has 0 bridgehead atoms. The summed E-state index contributed by atoms with van der Waals surface area (Å²) < 4.78 is 67.0. The number of nitrogens with two attached hydrogens (primary N) is 2. The van der Waals surface area contributed by atoms with Crippen molar-refractivity contribution in [3.8, 4) is 11.5 Å². The van der Waals surface area contributed by atoms with E-state index in [9.17, 15) is 21.2 Å². The molecule has 0 saturated carbocycles. The van der Waals surface area contributed by atoms with Crippen LogP contribution in [0.15, 0.2) is 83.0 Å². The van der Waals surface area contributed by atoms with Gasteiger partial charge in [-0.15, -0.1) is 0 Å². The molecule has 2 aromatic heterocycles. The van der Waals surface area contributed by atoms with Crippen LogP contribution in [-0.4, -0.2) is 31.8 Å². The molecule has 0 fully saturated rings. The van der Waals surface area contributed by atoms with Crippen molar-refractivity contribution in [3.05, 3.63) is 79.0 Å². The van der Waals surface area contributed by atoms with Gasteiger partial charge in [-0.25, -0.2) is 36.5 Å². The largest absolute Gasteiger partial charge is 0.456 e. The van der Waals surface area contributed by atoms with Gasteiger partial charge in [-0.3, -0.25) is 4.98 Å². The number of anilines is 4. The maximum absolute atomic E-state index is 14.4. The molecule has 0 radical (unpaired) electrons. The van der Waals surface area contributed by atoms with Crippen LogP contribution in [0.5, 0.6) is 11.5 Å². The molecule has 36 heavy (non-hydrogen) atoms. The highest BCUT2D eigenvalue weighted by Gasteiger charge is 2.17. The van der Waals surface area contributed by atoms with Gasteiger partial charge in [-0.05, 0) is 54.6 Å². The van der Waals surface area contributed by atoms with Crippen molar-refractivity contribution in [1.82, 2.24) is 15.0 Å². The van der Waals surface area contributed by atoms with Crippen LogP contribution in [0.25, 0.3) is 0 Å². The van der Waals surface area contributed by atoms with Crippen LogP contribution in [0.2, 0.25) is 0 Å². The molecule has 2 aromatic carbocycles. The second kappa shape index (κ2) is 9.82. The summed E-state index contributed by atoms with van der Waals surface area (Å²) in [5.41, 5.74) is 0.421. The van der Waals surface area contributed by atoms with Crippen molar-refractivity contribution >= 4 is 43.2 Å². The maximum atomic E-state index is 14.4. The average Bonchev–Trinajstić information content (AvgIpc) is 2.82. The number of aromatic nitrogens is 3. The fourth-order valence-corrected chi connectivity index (χ4v) is 4.14. The fraction of sp³-hybridized carbons (Fsp3) is 0. The number of primary sulfonamides is 2. The van der Waals surface area contributed by atoms with E-state index in [0.717, 1.165) is 24.4 Å². The molecule has 0 saturated heterocycles. The van der Waals surface area contributed by atoms with Gasteiger partial charge in [0.25, 0.3) is 0 Å². The van der Waals surface area contributed by atoms with Gasteiger partial charge in [-0.1, -0.05) is 0 Å². The molecule has 15 heteroatoms. The van der Waals surface area contributed by atoms with Crippen LogP contribution >= 0.6 is 0 Å². The van der Waals surface area contributed by atoms with E-state index in [-0.39, 0.29) is 17.5 Å². The maximum Gasteiger partial charge on any atom is 0.238 e. The van der Waals surface area contributed by atoms with Crippen molar-refractivity contribution in [1.29, 1.82) is 0 Å². The second-order valence-electron chi connectivity index (χ2n) is 7.24. The van der Waals surface area contributed by atoms with Crippen molar-refractivity contribution in [2.45, 2.75) is 9.79 Å². The summed E-state index contributed by atoms with van der Waals surface area (Å²) >= 11 is 0. The average molecular weight is 532 g/mol. The molecule has 6 N–H and O–H groups in total. The van der Waals surface area contributed by atoms with E-state index in [2.05, 4.69) is 25.6 Å². The number of ether oxygens (including phenoxy) is 1. The number of nitrogens with one attached hydrogen (secondary N) is 2. The van der Waals surface area contributed by atoms with Crippen molar-refractivity contribution < 1.29 is 26.0 Å². The molecule has 0 aliphatic carbocycles. The number of nitrogens with zero attached hydrogens (tertiary/aromatic N) is 3. The Labute approximate surface area is 205 Å². The Morgan fingerprint density at radius 3 is 2.06 bits per heavy atom. The van der Waals surface area contributed by atoms with Crippen LogP contribution in [0, 0.1) is 5.82 Å². The highest BCUT2D eigenvalue weighted by atomic mass is 32.2. The molecule has 4 aromatic rings. The normalized spacial score (nSPS) is 11.6. The molecule has 0 aliphatic rings. The van der Waals surface area contributed by atoms with Gasteiger partial charge in [0, 0.05) is 17.6 Å². The molecule has 4 rings (SSSR count). The lowest BCUT2D eigenvalue weighted by atomic mass is 10.3. The quantitative estimate of drug-likeness (QED) is 0.263. The van der Waals surface area contributed by atoms with Crippen LogP contribution in [0.3, 0.4) is 0 Å². The number of rotatable bonds is 8. The summed E-state index contributed by atoms with van der Waals surface area (Å²) in [5, 5.41) is 15.7. The lowest BCUT2D eigenvalue weighted by molar-refractivity contribution is 0.480. The van der Waals surface area contributed by atoms with E-state index < -0.39 is 35.7 Å². The number of hydrogen-bond donors (Lipinski definition) is 4. The van der Waals surface area contributed by atoms with E-state index >= 15 is 0 Å². The Morgan fingerprint density at radius 2 is 1.47 bits per heavy atom. The zero-order valence-corrected chi connectivity index (χ0v) is 19.8. The first-order valence-corrected chi connectivity index (χ1v) is 13.0. The van der Waals surface area contributed by atoms with Gasteiger partial charge < -0.3 is 15.4 Å². The predicted molar refractivity (Wildman–Crippen MR) is 128 cm³/mol. The summed E-state index contributed by atoms with van der Waals surface area (Å²) in [6, 6.07) is 13.0. The van der Waals surface area contributed by atoms with Crippen molar-refractivity contribution in [3.63, 3.8) is 0 Å². The van der Waals surface area contributed by atoms with E-state index in [0.29, 0.717) is 17.2 Å². The highest BCUT2D eigenvalue weighted by molar-refractivity contribution is 7.90. The second-order valence-corrected chi connectivity index (χ2v) is 10.4. The first-order valence-electron chi connectivity index (χ1n) is 9.93. The smallest absolute Gasteiger partial charge is 0.238 e. The van der Waals surface area contributed by atoms with Gasteiger partial charge in [-0.2, -0.15) is 4.98 Å². The topological polar surface area (TPSA) is 192 Å². The number of halogens is 1. The SMILES string of the molecule is NS(=O)(=O)c1cc(Nc2ncc(F)c(Nc3ccc(Oc4cccnc4)cc3)n2)cc(S(N)(=O)=O)c1. The first kappa shape index (κ1) is 24.9. The summed E-state index contributed by atoms with van der Waals surface area (Å²) in [7, 11) is -8.53. The third kappa shape index (κ3) is 6.28. The number of hydrogen-bond acceptors (Lipinski definition) is 10. The molecule has 12 nitrogen and oxygen atoms in total. The molecular formula is C21H18FN7O5S2. The third-order valence-corrected chi connectivity index (χ3v) is 6.31. The Bertz CT molecular complexity index is 1570. The zero-order valence-electron chi connectivity index (χ0n) is 18.2. The predicted octanol–water partition coefficient (Wildman–Crippen LogP) is 2.58. The Hall–Kier alpha value is -4.18. The zero-order chi connectivity index (χ0) is 25.9. The van der Waals surface area contributed by atoms with E-state index in [1.165, 1.54) is 0 Å². The lowest BCUT2D eigenvalue weighted by Crippen LogP contribution is -2.16. The molecule has 0 aliphatic heterocycles. The van der Waals surface area contributed by atoms with Crippen LogP contribution in [0.1, 0.15) is 0 Å². The van der Waals surface area contributed by atoms with E-state index in [4.69, 9.17) is 15.0 Å². The number of benzene rings is 2. The lowest BCUT2D eigenvalue weighted by Gasteiger charge is -2.12. The van der Waals surface area contributed by atoms with Gasteiger partial charge in [0.05, 0.1) is 22.2 Å². The van der Waals surface area contributed by atoms with Gasteiger partial charge in [0.15, 0.2) is 11.6 Å². The summed E-state index contributed by atoms with van der Waals surface area (Å²) in [6.45, 7) is 0. The number of sulfonamides is 2. The van der Waals surface area contributed by atoms with Crippen LogP contribution in [-0.2, 0) is 20.0 Å². The van der Waals surface area contributed by atoms with Crippen LogP contribution in [0.4, 0.5) is 27.5 Å². The summed E-state index contributed by atoms with van der Waals surface area (Å²) in [6.07, 6.45) is 4.05. The monoisotopic (exact) mass is 531 g/mol. The van der Waals surface area contributed by atoms with E-state index in [1.54, 1.807) is 48.8 Å². The molecule has 0 unspecified atom stereocenters. The Balaban J connectivity index is 1.56. The Morgan fingerprint density at radius 1 is 0.806 bits per heavy atom. The minimum Gasteiger partial charge on any atom is -0.456 e. The van der Waals surface area contributed by atoms with Gasteiger partial charge >= 0.3 is 0 Å². The Kier molecular flexibility index (Phi) is 6.80. The molecule has 0 spiro atoms. The number of pyridine rings is 1. The first-order chi connectivity index (χ1) is 17.0. The van der Waals surface area contributed by atoms with Crippen LogP contribution < -0.4 is 25.6 Å². The highest BCUT2D eigenvalue weighted by Crippen LogP contribution is 2.26. The molecular weight excluding hydrogens is 513 g/mol. The minimum atomic E-state index is -4.27. The van der Waals surface area contributed by atoms with Gasteiger partial charge in [0.1, 0.15) is 11.5 Å². The third-order valence-electron chi connectivity index (χ3n) is 4.52. The minimum absolute atomic E-state index is 0.0555. The summed E-state index contributed by atoms with van der Waals surface area (Å²) in [5.74, 6) is -0.0721. The standard InChI is InChI=1S/C21H18FN7O5S2/c22-19-12-26-21(28-14-8-17(35(23,30)31)10-18(9-14)36(24,32)33)29-20(19)27-13-3-5-15(6-4-13)34-16-2-1-7-25-11-16/h1-12H,(H2,23,30,31)(H2,24,32,33)(H2,26,27,28,29). The summed E-state index contributed by atoms with van der Waals surface area (Å²) in [4.78, 5) is 10.8. The molecule has 186 valence electrons. The van der Waals surface area contributed by atoms with Gasteiger partial charge in [0.2, 0.25) is 26.0 Å². The van der Waals surface area contributed by atoms with E-state index in [1.807, 2.05) is 0 Å². The molecule has 0 amide bonds. The van der Waals surface area contributed by atoms with Crippen molar-refractivity contribution in [2.75, 3.05) is 10.6 Å². The fourth-order valence-electron chi connectivity index (χ4n) is 2.90. The molecule has 2 heterocycles. The molecule has 0 atom stereocenters.